The summed E-state index contributed by atoms with van der Waals surface area (Å²) in [4.78, 5) is 0. The van der Waals surface area contributed by atoms with Crippen molar-refractivity contribution in [2.24, 2.45) is 0 Å². The zero-order valence-corrected chi connectivity index (χ0v) is 16.3. The van der Waals surface area contributed by atoms with Gasteiger partial charge in [-0.1, -0.05) is 42.0 Å². The second-order valence-electron chi connectivity index (χ2n) is 6.94. The highest BCUT2D eigenvalue weighted by atomic mass is 16.5. The first-order chi connectivity index (χ1) is 12.5. The maximum Gasteiger partial charge on any atom is 0.123 e. The van der Waals surface area contributed by atoms with Crippen LogP contribution in [0.1, 0.15) is 27.8 Å². The van der Waals surface area contributed by atoms with E-state index >= 15 is 0 Å². The molecule has 0 aliphatic rings. The minimum absolute atomic E-state index is 0.562. The van der Waals surface area contributed by atoms with E-state index in [1.807, 2.05) is 7.05 Å². The van der Waals surface area contributed by atoms with E-state index in [1.165, 1.54) is 33.4 Å². The lowest BCUT2D eigenvalue weighted by Gasteiger charge is -2.17. The van der Waals surface area contributed by atoms with E-state index in [-0.39, 0.29) is 0 Å². The molecule has 134 valence electrons. The standard InChI is InChI=1S/C24H27NO/c1-16-8-6-10-20(12-16)21-13-19(4)24(14-18(21)3)26-15-22-17(2)9-7-11-23(22)25-5/h6-14,25H,15H2,1-5H3. The van der Waals surface area contributed by atoms with Crippen LogP contribution in [0.15, 0.2) is 54.6 Å². The Bertz CT molecular complexity index is 927. The third kappa shape index (κ3) is 3.75. The fourth-order valence-electron chi connectivity index (χ4n) is 3.35. The maximum atomic E-state index is 6.20. The molecular formula is C24H27NO. The SMILES string of the molecule is CNc1cccc(C)c1COc1cc(C)c(-c2cccc(C)c2)cc1C. The smallest absolute Gasteiger partial charge is 0.123 e. The summed E-state index contributed by atoms with van der Waals surface area (Å²) in [5, 5.41) is 3.25. The topological polar surface area (TPSA) is 21.3 Å². The summed E-state index contributed by atoms with van der Waals surface area (Å²) in [7, 11) is 1.95. The van der Waals surface area contributed by atoms with Gasteiger partial charge in [0.25, 0.3) is 0 Å². The van der Waals surface area contributed by atoms with E-state index in [0.717, 1.165) is 17.0 Å². The molecule has 0 radical (unpaired) electrons. The Balaban J connectivity index is 1.88. The number of aryl methyl sites for hydroxylation is 4. The fourth-order valence-corrected chi connectivity index (χ4v) is 3.35. The lowest BCUT2D eigenvalue weighted by molar-refractivity contribution is 0.304. The first kappa shape index (κ1) is 18.1. The largest absolute Gasteiger partial charge is 0.489 e. The summed E-state index contributed by atoms with van der Waals surface area (Å²) in [5.74, 6) is 0.948. The number of hydrogen-bond donors (Lipinski definition) is 1. The van der Waals surface area contributed by atoms with E-state index in [0.29, 0.717) is 6.61 Å². The van der Waals surface area contributed by atoms with Crippen LogP contribution in [0.5, 0.6) is 5.75 Å². The van der Waals surface area contributed by atoms with Crippen molar-refractivity contribution < 1.29 is 4.74 Å². The second-order valence-corrected chi connectivity index (χ2v) is 6.94. The predicted octanol–water partition coefficient (Wildman–Crippen LogP) is 6.21. The number of ether oxygens (including phenoxy) is 1. The molecule has 3 aromatic rings. The van der Waals surface area contributed by atoms with Gasteiger partial charge < -0.3 is 10.1 Å². The Kier molecular flexibility index (Phi) is 5.32. The molecule has 26 heavy (non-hydrogen) atoms. The average molecular weight is 345 g/mol. The van der Waals surface area contributed by atoms with Gasteiger partial charge in [0.05, 0.1) is 0 Å². The molecule has 0 bridgehead atoms. The van der Waals surface area contributed by atoms with Crippen LogP contribution in [0.3, 0.4) is 0 Å². The van der Waals surface area contributed by atoms with Crippen molar-refractivity contribution in [3.63, 3.8) is 0 Å². The molecule has 2 nitrogen and oxygen atoms in total. The summed E-state index contributed by atoms with van der Waals surface area (Å²) in [6.45, 7) is 9.08. The minimum Gasteiger partial charge on any atom is -0.489 e. The van der Waals surface area contributed by atoms with Crippen molar-refractivity contribution >= 4 is 5.69 Å². The number of benzene rings is 3. The molecule has 0 spiro atoms. The van der Waals surface area contributed by atoms with Crippen LogP contribution < -0.4 is 10.1 Å². The monoisotopic (exact) mass is 345 g/mol. The molecule has 3 rings (SSSR count). The van der Waals surface area contributed by atoms with Gasteiger partial charge in [-0.25, -0.2) is 0 Å². The van der Waals surface area contributed by atoms with Crippen LogP contribution in [0.4, 0.5) is 5.69 Å². The van der Waals surface area contributed by atoms with Gasteiger partial charge in [-0.2, -0.15) is 0 Å². The summed E-state index contributed by atoms with van der Waals surface area (Å²) < 4.78 is 6.20. The molecule has 0 saturated heterocycles. The average Bonchev–Trinajstić information content (AvgIpc) is 2.62. The van der Waals surface area contributed by atoms with Crippen molar-refractivity contribution in [1.29, 1.82) is 0 Å². The lowest BCUT2D eigenvalue weighted by Crippen LogP contribution is -2.04. The Morgan fingerprint density at radius 2 is 1.58 bits per heavy atom. The highest BCUT2D eigenvalue weighted by molar-refractivity contribution is 5.70. The van der Waals surface area contributed by atoms with Gasteiger partial charge in [-0.15, -0.1) is 0 Å². The number of hydrogen-bond acceptors (Lipinski definition) is 2. The molecule has 0 atom stereocenters. The quantitative estimate of drug-likeness (QED) is 0.594. The summed E-state index contributed by atoms with van der Waals surface area (Å²) in [5.41, 5.74) is 9.76. The van der Waals surface area contributed by atoms with E-state index in [9.17, 15) is 0 Å². The van der Waals surface area contributed by atoms with E-state index in [2.05, 4.69) is 87.6 Å². The molecule has 0 heterocycles. The van der Waals surface area contributed by atoms with E-state index < -0.39 is 0 Å². The fraction of sp³-hybridized carbons (Fsp3) is 0.250. The first-order valence-electron chi connectivity index (χ1n) is 9.07. The summed E-state index contributed by atoms with van der Waals surface area (Å²) in [6, 6.07) is 19.3. The normalized spacial score (nSPS) is 10.7. The second kappa shape index (κ2) is 7.65. The van der Waals surface area contributed by atoms with Crippen molar-refractivity contribution in [1.82, 2.24) is 0 Å². The molecule has 0 aliphatic carbocycles. The van der Waals surface area contributed by atoms with Crippen LogP contribution in [-0.4, -0.2) is 7.05 Å². The molecule has 0 amide bonds. The van der Waals surface area contributed by atoms with Gasteiger partial charge >= 0.3 is 0 Å². The Morgan fingerprint density at radius 3 is 2.31 bits per heavy atom. The molecule has 1 N–H and O–H groups in total. The Labute approximate surface area is 156 Å². The number of anilines is 1. The van der Waals surface area contributed by atoms with Crippen LogP contribution in [-0.2, 0) is 6.61 Å². The van der Waals surface area contributed by atoms with Gasteiger partial charge in [-0.05, 0) is 73.7 Å². The number of nitrogens with one attached hydrogen (secondary N) is 1. The molecule has 0 fully saturated rings. The van der Waals surface area contributed by atoms with Gasteiger partial charge in [0.1, 0.15) is 12.4 Å². The van der Waals surface area contributed by atoms with Crippen LogP contribution >= 0.6 is 0 Å². The van der Waals surface area contributed by atoms with Crippen molar-refractivity contribution in [2.45, 2.75) is 34.3 Å². The molecule has 0 aromatic heterocycles. The van der Waals surface area contributed by atoms with Crippen LogP contribution in [0.2, 0.25) is 0 Å². The van der Waals surface area contributed by atoms with Crippen LogP contribution in [0, 0.1) is 27.7 Å². The zero-order chi connectivity index (χ0) is 18.7. The van der Waals surface area contributed by atoms with Crippen molar-refractivity contribution in [2.75, 3.05) is 12.4 Å². The molecule has 0 aliphatic heterocycles. The lowest BCUT2D eigenvalue weighted by atomic mass is 9.96. The van der Waals surface area contributed by atoms with Gasteiger partial charge in [0, 0.05) is 18.3 Å². The summed E-state index contributed by atoms with van der Waals surface area (Å²) in [6.07, 6.45) is 0. The maximum absolute atomic E-state index is 6.20. The molecule has 2 heteroatoms. The predicted molar refractivity (Wildman–Crippen MR) is 111 cm³/mol. The third-order valence-corrected chi connectivity index (χ3v) is 4.90. The highest BCUT2D eigenvalue weighted by Crippen LogP contribution is 2.31. The zero-order valence-electron chi connectivity index (χ0n) is 16.3. The van der Waals surface area contributed by atoms with E-state index in [1.54, 1.807) is 0 Å². The van der Waals surface area contributed by atoms with Gasteiger partial charge in [0.2, 0.25) is 0 Å². The molecule has 3 aromatic carbocycles. The van der Waals surface area contributed by atoms with Crippen molar-refractivity contribution in [3.05, 3.63) is 82.4 Å². The Hall–Kier alpha value is -2.74. The van der Waals surface area contributed by atoms with Gasteiger partial charge in [0.15, 0.2) is 0 Å². The molecule has 0 saturated carbocycles. The first-order valence-corrected chi connectivity index (χ1v) is 9.07. The minimum atomic E-state index is 0.562. The van der Waals surface area contributed by atoms with Crippen LogP contribution in [0.25, 0.3) is 11.1 Å². The summed E-state index contributed by atoms with van der Waals surface area (Å²) >= 11 is 0. The van der Waals surface area contributed by atoms with E-state index in [4.69, 9.17) is 4.74 Å². The Morgan fingerprint density at radius 1 is 0.808 bits per heavy atom. The molecular weight excluding hydrogens is 318 g/mol. The van der Waals surface area contributed by atoms with Crippen molar-refractivity contribution in [3.8, 4) is 16.9 Å². The van der Waals surface area contributed by atoms with Gasteiger partial charge in [-0.3, -0.25) is 0 Å². The number of rotatable bonds is 5. The highest BCUT2D eigenvalue weighted by Gasteiger charge is 2.10. The molecule has 0 unspecified atom stereocenters. The third-order valence-electron chi connectivity index (χ3n) is 4.90.